The predicted molar refractivity (Wildman–Crippen MR) is 79.9 cm³/mol. The molecule has 1 aromatic heterocycles. The second-order valence-corrected chi connectivity index (χ2v) is 5.52. The van der Waals surface area contributed by atoms with Crippen molar-refractivity contribution in [2.45, 2.75) is 27.2 Å². The van der Waals surface area contributed by atoms with Gasteiger partial charge in [0.1, 0.15) is 5.82 Å². The second kappa shape index (κ2) is 7.59. The monoisotopic (exact) mass is 315 g/mol. The van der Waals surface area contributed by atoms with E-state index in [0.29, 0.717) is 18.2 Å². The van der Waals surface area contributed by atoms with Crippen LogP contribution in [0.1, 0.15) is 25.8 Å². The minimum atomic E-state index is 0.685. The van der Waals surface area contributed by atoms with Crippen LogP contribution in [0.5, 0.6) is 0 Å². The lowest BCUT2D eigenvalue weighted by Crippen LogP contribution is -2.12. The van der Waals surface area contributed by atoms with Crippen LogP contribution in [0.15, 0.2) is 10.7 Å². The maximum atomic E-state index is 5.77. The molecule has 1 heterocycles. The molecule has 18 heavy (non-hydrogen) atoms. The summed E-state index contributed by atoms with van der Waals surface area (Å²) in [6, 6.07) is 0. The highest BCUT2D eigenvalue weighted by molar-refractivity contribution is 9.10. The van der Waals surface area contributed by atoms with Crippen LogP contribution in [0.3, 0.4) is 0 Å². The largest absolute Gasteiger partial charge is 0.397 e. The zero-order valence-corrected chi connectivity index (χ0v) is 12.9. The summed E-state index contributed by atoms with van der Waals surface area (Å²) in [7, 11) is 0. The Hall–Kier alpha value is -0.810. The molecule has 0 radical (unpaired) electrons. The normalized spacial score (nSPS) is 10.9. The first-order chi connectivity index (χ1) is 8.52. The lowest BCUT2D eigenvalue weighted by Gasteiger charge is -2.11. The average Bonchev–Trinajstić information content (AvgIpc) is 2.33. The number of aromatic nitrogens is 1. The third-order valence-electron chi connectivity index (χ3n) is 2.68. The molecule has 0 fully saturated rings. The Labute approximate surface area is 117 Å². The molecule has 0 bridgehead atoms. The average molecular weight is 316 g/mol. The molecule has 1 aromatic rings. The van der Waals surface area contributed by atoms with Crippen LogP contribution in [0, 0.1) is 12.8 Å². The summed E-state index contributed by atoms with van der Waals surface area (Å²) < 4.78 is 6.45. The summed E-state index contributed by atoms with van der Waals surface area (Å²) in [5, 5.41) is 3.23. The minimum Gasteiger partial charge on any atom is -0.397 e. The van der Waals surface area contributed by atoms with Crippen LogP contribution in [0.2, 0.25) is 0 Å². The van der Waals surface area contributed by atoms with E-state index in [-0.39, 0.29) is 0 Å². The van der Waals surface area contributed by atoms with Crippen molar-refractivity contribution in [2.75, 3.05) is 30.8 Å². The number of nitrogens with two attached hydrogens (primary N) is 1. The van der Waals surface area contributed by atoms with Gasteiger partial charge in [0, 0.05) is 13.2 Å². The van der Waals surface area contributed by atoms with Crippen molar-refractivity contribution in [3.05, 3.63) is 16.2 Å². The van der Waals surface area contributed by atoms with Gasteiger partial charge in [0.05, 0.1) is 23.0 Å². The molecule has 0 aliphatic carbocycles. The number of halogens is 1. The van der Waals surface area contributed by atoms with Crippen LogP contribution in [0.4, 0.5) is 11.5 Å². The topological polar surface area (TPSA) is 60.2 Å². The molecule has 102 valence electrons. The van der Waals surface area contributed by atoms with Crippen molar-refractivity contribution in [3.8, 4) is 0 Å². The molecule has 0 aromatic carbocycles. The number of hydrogen-bond acceptors (Lipinski definition) is 4. The Bertz CT molecular complexity index is 383. The minimum absolute atomic E-state index is 0.685. The third-order valence-corrected chi connectivity index (χ3v) is 3.65. The van der Waals surface area contributed by atoms with E-state index in [9.17, 15) is 0 Å². The van der Waals surface area contributed by atoms with Crippen molar-refractivity contribution >= 4 is 27.4 Å². The van der Waals surface area contributed by atoms with Gasteiger partial charge in [-0.3, -0.25) is 0 Å². The van der Waals surface area contributed by atoms with Crippen LogP contribution in [0.25, 0.3) is 0 Å². The standard InChI is InChI=1S/C13H22BrN3O/c1-9(2)4-6-18-7-5-16-13-12(14)10(3)11(15)8-17-13/h8-9H,4-7,15H2,1-3H3,(H,16,17). The smallest absolute Gasteiger partial charge is 0.140 e. The highest BCUT2D eigenvalue weighted by Gasteiger charge is 2.06. The summed E-state index contributed by atoms with van der Waals surface area (Å²) >= 11 is 3.49. The SMILES string of the molecule is Cc1c(N)cnc(NCCOCCC(C)C)c1Br. The van der Waals surface area contributed by atoms with Gasteiger partial charge in [-0.2, -0.15) is 0 Å². The summed E-state index contributed by atoms with van der Waals surface area (Å²) in [5.74, 6) is 1.50. The molecule has 3 N–H and O–H groups in total. The van der Waals surface area contributed by atoms with Crippen molar-refractivity contribution in [1.82, 2.24) is 4.98 Å². The van der Waals surface area contributed by atoms with Gasteiger partial charge in [0.2, 0.25) is 0 Å². The van der Waals surface area contributed by atoms with E-state index in [2.05, 4.69) is 40.1 Å². The van der Waals surface area contributed by atoms with Crippen LogP contribution >= 0.6 is 15.9 Å². The zero-order chi connectivity index (χ0) is 13.5. The van der Waals surface area contributed by atoms with E-state index in [1.165, 1.54) is 0 Å². The molecule has 0 aliphatic heterocycles. The van der Waals surface area contributed by atoms with Gasteiger partial charge >= 0.3 is 0 Å². The highest BCUT2D eigenvalue weighted by atomic mass is 79.9. The summed E-state index contributed by atoms with van der Waals surface area (Å²) in [4.78, 5) is 4.25. The van der Waals surface area contributed by atoms with Crippen LogP contribution in [-0.2, 0) is 4.74 Å². The van der Waals surface area contributed by atoms with Gasteiger partial charge in [0.25, 0.3) is 0 Å². The molecule has 0 amide bonds. The van der Waals surface area contributed by atoms with Gasteiger partial charge in [0.15, 0.2) is 0 Å². The number of anilines is 2. The highest BCUT2D eigenvalue weighted by Crippen LogP contribution is 2.27. The molecule has 0 spiro atoms. The van der Waals surface area contributed by atoms with Gasteiger partial charge < -0.3 is 15.8 Å². The van der Waals surface area contributed by atoms with Crippen LogP contribution < -0.4 is 11.1 Å². The number of nitrogens with one attached hydrogen (secondary N) is 1. The Morgan fingerprint density at radius 1 is 1.44 bits per heavy atom. The number of nitrogens with zero attached hydrogens (tertiary/aromatic N) is 1. The molecule has 0 atom stereocenters. The quantitative estimate of drug-likeness (QED) is 0.758. The van der Waals surface area contributed by atoms with E-state index in [4.69, 9.17) is 10.5 Å². The predicted octanol–water partition coefficient (Wildman–Crippen LogP) is 3.21. The second-order valence-electron chi connectivity index (χ2n) is 4.72. The molecule has 0 aliphatic rings. The number of hydrogen-bond donors (Lipinski definition) is 2. The Kier molecular flexibility index (Phi) is 6.43. The van der Waals surface area contributed by atoms with Gasteiger partial charge in [-0.15, -0.1) is 0 Å². The summed E-state index contributed by atoms with van der Waals surface area (Å²) in [5.41, 5.74) is 7.47. The fraction of sp³-hybridized carbons (Fsp3) is 0.615. The van der Waals surface area contributed by atoms with E-state index in [1.54, 1.807) is 6.20 Å². The van der Waals surface area contributed by atoms with E-state index < -0.39 is 0 Å². The van der Waals surface area contributed by atoms with Crippen LogP contribution in [-0.4, -0.2) is 24.7 Å². The Morgan fingerprint density at radius 2 is 2.17 bits per heavy atom. The number of rotatable bonds is 7. The van der Waals surface area contributed by atoms with Gasteiger partial charge in [-0.25, -0.2) is 4.98 Å². The van der Waals surface area contributed by atoms with Crippen molar-refractivity contribution in [3.63, 3.8) is 0 Å². The summed E-state index contributed by atoms with van der Waals surface area (Å²) in [6.45, 7) is 8.59. The molecule has 0 unspecified atom stereocenters. The molecular formula is C13H22BrN3O. The lowest BCUT2D eigenvalue weighted by atomic mass is 10.1. The van der Waals surface area contributed by atoms with Crippen molar-refractivity contribution < 1.29 is 4.74 Å². The molecule has 0 saturated carbocycles. The maximum absolute atomic E-state index is 5.77. The number of pyridine rings is 1. The van der Waals surface area contributed by atoms with Crippen molar-refractivity contribution in [2.24, 2.45) is 5.92 Å². The summed E-state index contributed by atoms with van der Waals surface area (Å²) in [6.07, 6.45) is 2.77. The first-order valence-corrected chi connectivity index (χ1v) is 7.03. The first-order valence-electron chi connectivity index (χ1n) is 6.24. The van der Waals surface area contributed by atoms with Gasteiger partial charge in [-0.05, 0) is 40.8 Å². The van der Waals surface area contributed by atoms with Crippen molar-refractivity contribution in [1.29, 1.82) is 0 Å². The number of ether oxygens (including phenoxy) is 1. The fourth-order valence-corrected chi connectivity index (χ4v) is 1.85. The maximum Gasteiger partial charge on any atom is 0.140 e. The Balaban J connectivity index is 2.30. The molecule has 5 heteroatoms. The molecule has 0 saturated heterocycles. The third kappa shape index (κ3) is 4.82. The fourth-order valence-electron chi connectivity index (χ4n) is 1.38. The molecule has 4 nitrogen and oxygen atoms in total. The first kappa shape index (κ1) is 15.2. The van der Waals surface area contributed by atoms with E-state index in [0.717, 1.165) is 35.4 Å². The van der Waals surface area contributed by atoms with E-state index >= 15 is 0 Å². The lowest BCUT2D eigenvalue weighted by molar-refractivity contribution is 0.132. The molecular weight excluding hydrogens is 294 g/mol. The molecule has 1 rings (SSSR count). The van der Waals surface area contributed by atoms with Gasteiger partial charge in [-0.1, -0.05) is 13.8 Å². The Morgan fingerprint density at radius 3 is 2.83 bits per heavy atom. The van der Waals surface area contributed by atoms with E-state index in [1.807, 2.05) is 6.92 Å². The number of nitrogen functional groups attached to an aromatic ring is 1. The zero-order valence-electron chi connectivity index (χ0n) is 11.3.